The summed E-state index contributed by atoms with van der Waals surface area (Å²) in [5, 5.41) is 0. The fourth-order valence-corrected chi connectivity index (χ4v) is 5.43. The maximum Gasteiger partial charge on any atom is 0.338 e. The number of benzene rings is 2. The highest BCUT2D eigenvalue weighted by Gasteiger charge is 2.34. The van der Waals surface area contributed by atoms with E-state index < -0.39 is 12.0 Å². The van der Waals surface area contributed by atoms with Gasteiger partial charge in [-0.25, -0.2) is 9.79 Å². The summed E-state index contributed by atoms with van der Waals surface area (Å²) in [7, 11) is 4.70. The van der Waals surface area contributed by atoms with Crippen LogP contribution in [0.2, 0.25) is 0 Å². The molecule has 0 aliphatic carbocycles. The number of thiazole rings is 1. The number of para-hydroxylation sites is 1. The van der Waals surface area contributed by atoms with Crippen molar-refractivity contribution in [1.82, 2.24) is 4.57 Å². The molecular weight excluding hydrogens is 492 g/mol. The van der Waals surface area contributed by atoms with Gasteiger partial charge < -0.3 is 18.9 Å². The van der Waals surface area contributed by atoms with Gasteiger partial charge in [0.15, 0.2) is 16.3 Å². The number of nitrogens with zero attached hydrogens (tertiary/aromatic N) is 2. The van der Waals surface area contributed by atoms with Crippen LogP contribution in [-0.2, 0) is 9.53 Å². The minimum absolute atomic E-state index is 0.215. The second kappa shape index (κ2) is 11.5. The smallest absolute Gasteiger partial charge is 0.338 e. The third kappa shape index (κ3) is 5.04. The Labute approximate surface area is 219 Å². The molecule has 0 spiro atoms. The molecule has 2 aromatic carbocycles. The average molecular weight is 523 g/mol. The molecule has 1 aliphatic rings. The first-order valence-electron chi connectivity index (χ1n) is 12.0. The number of allylic oxidation sites excluding steroid dienone is 1. The van der Waals surface area contributed by atoms with Crippen LogP contribution in [0, 0.1) is 0 Å². The number of methoxy groups -OCH3 is 3. The van der Waals surface area contributed by atoms with Crippen molar-refractivity contribution in [3.63, 3.8) is 0 Å². The maximum atomic E-state index is 13.9. The first-order valence-corrected chi connectivity index (χ1v) is 12.9. The summed E-state index contributed by atoms with van der Waals surface area (Å²) in [6, 6.07) is 12.2. The quantitative estimate of drug-likeness (QED) is 0.399. The third-order valence-corrected chi connectivity index (χ3v) is 7.00. The Morgan fingerprint density at radius 2 is 1.86 bits per heavy atom. The van der Waals surface area contributed by atoms with E-state index in [0.717, 1.165) is 12.0 Å². The summed E-state index contributed by atoms with van der Waals surface area (Å²) >= 11 is 1.27. The lowest BCUT2D eigenvalue weighted by Crippen LogP contribution is -2.40. The molecule has 0 unspecified atom stereocenters. The van der Waals surface area contributed by atoms with Crippen LogP contribution in [0.4, 0.5) is 0 Å². The largest absolute Gasteiger partial charge is 0.497 e. The molecule has 2 heterocycles. The van der Waals surface area contributed by atoms with Gasteiger partial charge in [-0.2, -0.15) is 0 Å². The lowest BCUT2D eigenvalue weighted by Gasteiger charge is -2.26. The molecule has 0 N–H and O–H groups in total. The molecule has 0 radical (unpaired) electrons. The van der Waals surface area contributed by atoms with Gasteiger partial charge in [0.1, 0.15) is 5.75 Å². The third-order valence-electron chi connectivity index (χ3n) is 6.02. The van der Waals surface area contributed by atoms with E-state index in [0.29, 0.717) is 49.8 Å². The minimum atomic E-state index is -0.707. The van der Waals surface area contributed by atoms with Gasteiger partial charge in [0.05, 0.1) is 49.8 Å². The Kier molecular flexibility index (Phi) is 8.13. The van der Waals surface area contributed by atoms with Crippen LogP contribution in [0.5, 0.6) is 17.2 Å². The lowest BCUT2D eigenvalue weighted by atomic mass is 9.94. The van der Waals surface area contributed by atoms with E-state index in [2.05, 4.69) is 0 Å². The molecule has 0 fully saturated rings. The van der Waals surface area contributed by atoms with Gasteiger partial charge in [0.25, 0.3) is 5.56 Å². The highest BCUT2D eigenvalue weighted by Crippen LogP contribution is 2.34. The number of ether oxygens (including phenoxy) is 4. The standard InChI is InChI=1S/C28H30N2O6S/c1-6-10-20-23(27(32)36-7-2)24(17-11-8-13-19(15-17)33-3)30-26(31)22(37-28(30)29-20)16-18-12-9-14-21(34-4)25(18)35-5/h8-9,11-16,24H,6-7,10H2,1-5H3/b22-16+/t24-/m0/s1. The van der Waals surface area contributed by atoms with Crippen molar-refractivity contribution in [2.45, 2.75) is 32.7 Å². The van der Waals surface area contributed by atoms with Gasteiger partial charge >= 0.3 is 5.97 Å². The predicted molar refractivity (Wildman–Crippen MR) is 142 cm³/mol. The van der Waals surface area contributed by atoms with E-state index in [9.17, 15) is 9.59 Å². The van der Waals surface area contributed by atoms with E-state index in [4.69, 9.17) is 23.9 Å². The van der Waals surface area contributed by atoms with Crippen LogP contribution in [0.1, 0.15) is 43.9 Å². The Morgan fingerprint density at radius 3 is 2.54 bits per heavy atom. The van der Waals surface area contributed by atoms with Gasteiger partial charge in [-0.05, 0) is 43.2 Å². The summed E-state index contributed by atoms with van der Waals surface area (Å²) in [4.78, 5) is 32.5. The summed E-state index contributed by atoms with van der Waals surface area (Å²) in [6.45, 7) is 4.00. The molecule has 1 atom stereocenters. The van der Waals surface area contributed by atoms with Crippen LogP contribution in [0.15, 0.2) is 63.5 Å². The van der Waals surface area contributed by atoms with Crippen LogP contribution in [-0.4, -0.2) is 38.5 Å². The summed E-state index contributed by atoms with van der Waals surface area (Å²) in [5.74, 6) is 1.23. The fourth-order valence-electron chi connectivity index (χ4n) is 4.41. The monoisotopic (exact) mass is 522 g/mol. The van der Waals surface area contributed by atoms with Gasteiger partial charge in [-0.1, -0.05) is 48.9 Å². The summed E-state index contributed by atoms with van der Waals surface area (Å²) in [5.41, 5.74) is 2.16. The van der Waals surface area contributed by atoms with Crippen molar-refractivity contribution < 1.29 is 23.7 Å². The van der Waals surface area contributed by atoms with E-state index >= 15 is 0 Å². The zero-order valence-electron chi connectivity index (χ0n) is 21.6. The van der Waals surface area contributed by atoms with E-state index in [1.807, 2.05) is 43.3 Å². The number of carbonyl (C=O) groups excluding carboxylic acids is 1. The zero-order chi connectivity index (χ0) is 26.5. The van der Waals surface area contributed by atoms with Gasteiger partial charge in [0.2, 0.25) is 0 Å². The van der Waals surface area contributed by atoms with Crippen LogP contribution in [0.3, 0.4) is 0 Å². The highest BCUT2D eigenvalue weighted by atomic mass is 32.1. The van der Waals surface area contributed by atoms with Crippen LogP contribution >= 0.6 is 11.3 Å². The first-order chi connectivity index (χ1) is 18.0. The molecule has 1 aromatic heterocycles. The molecule has 8 nitrogen and oxygen atoms in total. The van der Waals surface area contributed by atoms with Gasteiger partial charge in [0, 0.05) is 5.56 Å². The molecule has 37 heavy (non-hydrogen) atoms. The molecule has 0 bridgehead atoms. The van der Waals surface area contributed by atoms with Crippen LogP contribution in [0.25, 0.3) is 6.08 Å². The van der Waals surface area contributed by atoms with Crippen molar-refractivity contribution in [3.8, 4) is 17.2 Å². The summed E-state index contributed by atoms with van der Waals surface area (Å²) in [6.07, 6.45) is 3.12. The second-order valence-electron chi connectivity index (χ2n) is 8.27. The van der Waals surface area contributed by atoms with Crippen molar-refractivity contribution in [2.75, 3.05) is 27.9 Å². The molecule has 194 valence electrons. The van der Waals surface area contributed by atoms with Crippen molar-refractivity contribution in [2.24, 2.45) is 4.99 Å². The Bertz CT molecular complexity index is 1520. The molecular formula is C28H30N2O6S. The minimum Gasteiger partial charge on any atom is -0.497 e. The topological polar surface area (TPSA) is 88.4 Å². The van der Waals surface area contributed by atoms with Crippen molar-refractivity contribution >= 4 is 23.4 Å². The first kappa shape index (κ1) is 26.2. The molecule has 1 aliphatic heterocycles. The fraction of sp³-hybridized carbons (Fsp3) is 0.321. The molecule has 0 amide bonds. The number of fused-ring (bicyclic) bond motifs is 1. The lowest BCUT2D eigenvalue weighted by molar-refractivity contribution is -0.139. The molecule has 9 heteroatoms. The molecule has 3 aromatic rings. The second-order valence-corrected chi connectivity index (χ2v) is 9.28. The van der Waals surface area contributed by atoms with Crippen LogP contribution < -0.4 is 29.1 Å². The molecule has 0 saturated carbocycles. The van der Waals surface area contributed by atoms with Gasteiger partial charge in [-0.3, -0.25) is 9.36 Å². The normalized spacial score (nSPS) is 15.2. The number of aromatic nitrogens is 1. The number of esters is 1. The number of carbonyl (C=O) groups is 1. The molecule has 4 rings (SSSR count). The van der Waals surface area contributed by atoms with Crippen molar-refractivity contribution in [1.29, 1.82) is 0 Å². The van der Waals surface area contributed by atoms with E-state index in [1.165, 1.54) is 11.3 Å². The van der Waals surface area contributed by atoms with Crippen molar-refractivity contribution in [3.05, 3.63) is 84.5 Å². The number of hydrogen-bond donors (Lipinski definition) is 0. The Morgan fingerprint density at radius 1 is 1.08 bits per heavy atom. The zero-order valence-corrected chi connectivity index (χ0v) is 22.4. The average Bonchev–Trinajstić information content (AvgIpc) is 3.22. The maximum absolute atomic E-state index is 13.9. The SMILES string of the molecule is CCCC1=C(C(=O)OCC)[C@H](c2cccc(OC)c2)n2c(s/c(=C/c3cccc(OC)c3OC)c2=O)=N1. The Hall–Kier alpha value is -3.85. The Balaban J connectivity index is 2.02. The number of rotatable bonds is 9. The highest BCUT2D eigenvalue weighted by molar-refractivity contribution is 7.07. The van der Waals surface area contributed by atoms with E-state index in [-0.39, 0.29) is 12.2 Å². The number of hydrogen-bond acceptors (Lipinski definition) is 8. The summed E-state index contributed by atoms with van der Waals surface area (Å²) < 4.78 is 23.9. The predicted octanol–water partition coefficient (Wildman–Crippen LogP) is 3.60. The molecule has 0 saturated heterocycles. The van der Waals surface area contributed by atoms with E-state index in [1.54, 1.807) is 45.0 Å². The van der Waals surface area contributed by atoms with Gasteiger partial charge in [-0.15, -0.1) is 0 Å².